The number of nitrogen functional groups attached to an aromatic ring is 1. The molecule has 0 saturated carbocycles. The molecule has 2 rings (SSSR count). The molecule has 0 spiro atoms. The lowest BCUT2D eigenvalue weighted by Gasteiger charge is -2.09. The number of rotatable bonds is 3. The smallest absolute Gasteiger partial charge is 0.360 e. The molecule has 0 aliphatic carbocycles. The molecule has 0 aliphatic heterocycles. The Kier molecular flexibility index (Phi) is 4.18. The second-order valence-corrected chi connectivity index (χ2v) is 4.19. The van der Waals surface area contributed by atoms with Gasteiger partial charge in [-0.05, 0) is 6.07 Å². The number of ether oxygens (including phenoxy) is 2. The fourth-order valence-electron chi connectivity index (χ4n) is 1.42. The summed E-state index contributed by atoms with van der Waals surface area (Å²) in [6.07, 6.45) is 0. The highest BCUT2D eigenvalue weighted by molar-refractivity contribution is 6.32. The number of carbonyl (C=O) groups excluding carboxylic acids is 1. The van der Waals surface area contributed by atoms with Crippen LogP contribution >= 0.6 is 11.6 Å². The van der Waals surface area contributed by atoms with Gasteiger partial charge in [0.25, 0.3) is 0 Å². The number of nitrogens with two attached hydrogens (primary N) is 1. The number of hydrogen-bond acceptors (Lipinski definition) is 6. The van der Waals surface area contributed by atoms with Crippen LogP contribution in [0.4, 0.5) is 14.5 Å². The number of hydrogen-bond donors (Lipinski definition) is 1. The second-order valence-electron chi connectivity index (χ2n) is 3.78. The fourth-order valence-corrected chi connectivity index (χ4v) is 1.66. The van der Waals surface area contributed by atoms with Crippen LogP contribution in [0.15, 0.2) is 18.2 Å². The van der Waals surface area contributed by atoms with Crippen molar-refractivity contribution in [2.45, 2.75) is 0 Å². The third-order valence-electron chi connectivity index (χ3n) is 2.35. The van der Waals surface area contributed by atoms with Crippen LogP contribution in [0, 0.1) is 11.6 Å². The lowest BCUT2D eigenvalue weighted by atomic mass is 10.3. The first-order valence-corrected chi connectivity index (χ1v) is 5.84. The zero-order valence-corrected chi connectivity index (χ0v) is 11.3. The van der Waals surface area contributed by atoms with Gasteiger partial charge in [0, 0.05) is 12.1 Å². The molecular formula is C12H8ClF2N3O3. The zero-order chi connectivity index (χ0) is 15.6. The molecule has 0 bridgehead atoms. The number of carbonyl (C=O) groups is 1. The minimum absolute atomic E-state index is 0.0782. The van der Waals surface area contributed by atoms with E-state index in [2.05, 4.69) is 14.9 Å². The molecule has 1 aromatic heterocycles. The molecule has 0 unspecified atom stereocenters. The predicted octanol–water partition coefficient (Wildman–Crippen LogP) is 2.57. The number of nitrogens with zero attached hydrogens (tertiary/aromatic N) is 2. The van der Waals surface area contributed by atoms with Crippen molar-refractivity contribution in [3.63, 3.8) is 0 Å². The van der Waals surface area contributed by atoms with Crippen molar-refractivity contribution >= 4 is 23.3 Å². The fraction of sp³-hybridized carbons (Fsp3) is 0.0833. The molecular weight excluding hydrogens is 308 g/mol. The molecule has 0 saturated heterocycles. The summed E-state index contributed by atoms with van der Waals surface area (Å²) in [6.45, 7) is 0. The maximum absolute atomic E-state index is 13.6. The average molecular weight is 316 g/mol. The summed E-state index contributed by atoms with van der Waals surface area (Å²) in [5.74, 6) is -3.29. The first-order chi connectivity index (χ1) is 9.92. The van der Waals surface area contributed by atoms with Crippen LogP contribution in [0.1, 0.15) is 10.5 Å². The molecule has 1 aromatic carbocycles. The monoisotopic (exact) mass is 315 g/mol. The maximum atomic E-state index is 13.6. The lowest BCUT2D eigenvalue weighted by Crippen LogP contribution is -2.10. The third-order valence-corrected chi connectivity index (χ3v) is 2.63. The topological polar surface area (TPSA) is 87.3 Å². The van der Waals surface area contributed by atoms with Gasteiger partial charge in [0.15, 0.2) is 17.3 Å². The zero-order valence-electron chi connectivity index (χ0n) is 10.6. The quantitative estimate of drug-likeness (QED) is 0.876. The van der Waals surface area contributed by atoms with Crippen LogP contribution in [-0.4, -0.2) is 23.3 Å². The van der Waals surface area contributed by atoms with Crippen LogP contribution in [0.25, 0.3) is 0 Å². The molecule has 0 amide bonds. The molecule has 110 valence electrons. The van der Waals surface area contributed by atoms with E-state index in [0.717, 1.165) is 19.2 Å². The Morgan fingerprint density at radius 2 is 2.00 bits per heavy atom. The van der Waals surface area contributed by atoms with Gasteiger partial charge in [-0.1, -0.05) is 11.6 Å². The Morgan fingerprint density at radius 1 is 1.29 bits per heavy atom. The molecule has 21 heavy (non-hydrogen) atoms. The van der Waals surface area contributed by atoms with Crippen molar-refractivity contribution < 1.29 is 23.0 Å². The highest BCUT2D eigenvalue weighted by Gasteiger charge is 2.17. The Morgan fingerprint density at radius 3 is 2.57 bits per heavy atom. The maximum Gasteiger partial charge on any atom is 0.360 e. The van der Waals surface area contributed by atoms with Gasteiger partial charge in [0.05, 0.1) is 17.8 Å². The van der Waals surface area contributed by atoms with Crippen LogP contribution in [0.2, 0.25) is 5.02 Å². The largest absolute Gasteiger partial charge is 0.464 e. The Bertz CT molecular complexity index is 689. The third kappa shape index (κ3) is 3.16. The highest BCUT2D eigenvalue weighted by atomic mass is 35.5. The Labute approximate surface area is 122 Å². The van der Waals surface area contributed by atoms with Crippen LogP contribution in [0.5, 0.6) is 11.6 Å². The second kappa shape index (κ2) is 5.88. The molecule has 0 radical (unpaired) electrons. The first-order valence-electron chi connectivity index (χ1n) is 5.46. The van der Waals surface area contributed by atoms with E-state index in [1.165, 1.54) is 0 Å². The molecule has 1 heterocycles. The average Bonchev–Trinajstić information content (AvgIpc) is 2.42. The number of aromatic nitrogens is 2. The van der Waals surface area contributed by atoms with E-state index in [-0.39, 0.29) is 22.3 Å². The first kappa shape index (κ1) is 14.9. The molecule has 0 atom stereocenters. The van der Waals surface area contributed by atoms with Gasteiger partial charge in [-0.3, -0.25) is 0 Å². The minimum atomic E-state index is -1.02. The Hall–Kier alpha value is -2.48. The number of halogens is 3. The minimum Gasteiger partial charge on any atom is -0.464 e. The van der Waals surface area contributed by atoms with Crippen molar-refractivity contribution in [2.24, 2.45) is 0 Å². The summed E-state index contributed by atoms with van der Waals surface area (Å²) in [4.78, 5) is 11.3. The van der Waals surface area contributed by atoms with Crippen molar-refractivity contribution in [3.05, 3.63) is 40.6 Å². The van der Waals surface area contributed by atoms with E-state index in [9.17, 15) is 13.6 Å². The van der Waals surface area contributed by atoms with E-state index in [1.807, 2.05) is 0 Å². The van der Waals surface area contributed by atoms with Crippen LogP contribution in [0.3, 0.4) is 0 Å². The van der Waals surface area contributed by atoms with Gasteiger partial charge in [-0.25, -0.2) is 13.6 Å². The molecule has 0 fully saturated rings. The van der Waals surface area contributed by atoms with Crippen molar-refractivity contribution in [1.29, 1.82) is 0 Å². The van der Waals surface area contributed by atoms with Gasteiger partial charge in [0.2, 0.25) is 5.88 Å². The van der Waals surface area contributed by atoms with E-state index < -0.39 is 23.4 Å². The van der Waals surface area contributed by atoms with E-state index in [1.54, 1.807) is 0 Å². The standard InChI is InChI=1S/C12H8ClF2N3O3/c1-20-12(19)10-8(16)4-9(17-18-10)21-11-6(13)2-5(14)3-7(11)15/h2-4H,1H3,(H2,16,17). The number of esters is 1. The van der Waals surface area contributed by atoms with Crippen LogP contribution < -0.4 is 10.5 Å². The summed E-state index contributed by atoms with van der Waals surface area (Å²) in [5, 5.41) is 6.76. The van der Waals surface area contributed by atoms with E-state index in [4.69, 9.17) is 22.1 Å². The molecule has 0 aliphatic rings. The Balaban J connectivity index is 2.33. The van der Waals surface area contributed by atoms with Gasteiger partial charge in [0.1, 0.15) is 5.82 Å². The number of methoxy groups -OCH3 is 1. The van der Waals surface area contributed by atoms with Crippen molar-refractivity contribution in [3.8, 4) is 11.6 Å². The van der Waals surface area contributed by atoms with Crippen molar-refractivity contribution in [2.75, 3.05) is 12.8 Å². The van der Waals surface area contributed by atoms with E-state index in [0.29, 0.717) is 6.07 Å². The van der Waals surface area contributed by atoms with Crippen molar-refractivity contribution in [1.82, 2.24) is 10.2 Å². The van der Waals surface area contributed by atoms with Gasteiger partial charge >= 0.3 is 5.97 Å². The molecule has 2 aromatic rings. The highest BCUT2D eigenvalue weighted by Crippen LogP contribution is 2.32. The summed E-state index contributed by atoms with van der Waals surface area (Å²) in [5.41, 5.74) is 5.29. The van der Waals surface area contributed by atoms with E-state index >= 15 is 0 Å². The molecule has 9 heteroatoms. The summed E-state index contributed by atoms with van der Waals surface area (Å²) in [7, 11) is 1.15. The number of anilines is 1. The number of benzene rings is 1. The SMILES string of the molecule is COC(=O)c1nnc(Oc2c(F)cc(F)cc2Cl)cc1N. The molecule has 6 nitrogen and oxygen atoms in total. The summed E-state index contributed by atoms with van der Waals surface area (Å²) < 4.78 is 36.0. The summed E-state index contributed by atoms with van der Waals surface area (Å²) >= 11 is 5.67. The molecule has 2 N–H and O–H groups in total. The van der Waals surface area contributed by atoms with Gasteiger partial charge in [-0.15, -0.1) is 10.2 Å². The van der Waals surface area contributed by atoms with Gasteiger partial charge < -0.3 is 15.2 Å². The van der Waals surface area contributed by atoms with Crippen LogP contribution in [-0.2, 0) is 4.74 Å². The predicted molar refractivity (Wildman–Crippen MR) is 69.2 cm³/mol. The summed E-state index contributed by atoms with van der Waals surface area (Å²) in [6, 6.07) is 2.61. The lowest BCUT2D eigenvalue weighted by molar-refractivity contribution is 0.0594. The normalized spacial score (nSPS) is 10.3. The van der Waals surface area contributed by atoms with Gasteiger partial charge in [-0.2, -0.15) is 0 Å².